The molecule has 0 unspecified atom stereocenters. The lowest BCUT2D eigenvalue weighted by Gasteiger charge is -2.42. The number of esters is 1. The Bertz CT molecular complexity index is 1680. The number of nitrogens with one attached hydrogen (secondary N) is 1. The topological polar surface area (TPSA) is 115 Å². The van der Waals surface area contributed by atoms with Crippen LogP contribution in [0.1, 0.15) is 53.5 Å². The van der Waals surface area contributed by atoms with Crippen LogP contribution >= 0.6 is 0 Å². The van der Waals surface area contributed by atoms with E-state index in [1.165, 1.54) is 6.07 Å². The molecule has 11 heteroatoms. The second-order valence-corrected chi connectivity index (χ2v) is 11.4. The monoisotopic (exact) mass is 598 g/mol. The van der Waals surface area contributed by atoms with Crippen molar-refractivity contribution in [3.8, 4) is 11.8 Å². The third-order valence-corrected chi connectivity index (χ3v) is 8.30. The lowest BCUT2D eigenvalue weighted by atomic mass is 10.0. The molecule has 0 spiro atoms. The molecule has 0 saturated carbocycles. The number of fused-ring (bicyclic) bond motifs is 1. The first-order chi connectivity index (χ1) is 21.4. The van der Waals surface area contributed by atoms with Gasteiger partial charge in [-0.2, -0.15) is 5.26 Å². The number of hydrogen-bond acceptors (Lipinski definition) is 9. The zero-order valence-electron chi connectivity index (χ0n) is 24.8. The molecule has 0 amide bonds. The second kappa shape index (κ2) is 13.1. The highest BCUT2D eigenvalue weighted by Gasteiger charge is 2.34. The number of nitrogens with zero attached hydrogens (tertiary/aromatic N) is 5. The fourth-order valence-corrected chi connectivity index (χ4v) is 5.70. The summed E-state index contributed by atoms with van der Waals surface area (Å²) >= 11 is 0. The van der Waals surface area contributed by atoms with Gasteiger partial charge in [0.25, 0.3) is 0 Å². The fourth-order valence-electron chi connectivity index (χ4n) is 5.70. The van der Waals surface area contributed by atoms with Crippen LogP contribution in [0.25, 0.3) is 11.0 Å². The number of halogens is 1. The molecule has 4 heterocycles. The summed E-state index contributed by atoms with van der Waals surface area (Å²) in [5.41, 5.74) is 3.50. The molecule has 0 bridgehead atoms. The van der Waals surface area contributed by atoms with Crippen LogP contribution in [-0.4, -0.2) is 69.9 Å². The van der Waals surface area contributed by atoms with E-state index in [1.54, 1.807) is 36.8 Å². The average Bonchev–Trinajstić information content (AvgIpc) is 3.43. The number of benzene rings is 2. The predicted molar refractivity (Wildman–Crippen MR) is 160 cm³/mol. The first kappa shape index (κ1) is 29.7. The maximum absolute atomic E-state index is 14.5. The number of nitriles is 1. The van der Waals surface area contributed by atoms with Gasteiger partial charge in [-0.3, -0.25) is 9.88 Å². The minimum absolute atomic E-state index is 0.00310. The number of ether oxygens (including phenoxy) is 3. The molecule has 4 atom stereocenters. The number of pyridine rings is 1. The van der Waals surface area contributed by atoms with Crippen LogP contribution in [0.5, 0.6) is 5.75 Å². The molecule has 228 valence electrons. The van der Waals surface area contributed by atoms with Gasteiger partial charge >= 0.3 is 5.97 Å². The van der Waals surface area contributed by atoms with Crippen molar-refractivity contribution >= 4 is 17.0 Å². The van der Waals surface area contributed by atoms with E-state index in [2.05, 4.69) is 27.1 Å². The normalized spacial score (nSPS) is 20.9. The molecule has 1 N–H and O–H groups in total. The largest absolute Gasteiger partial charge is 0.487 e. The van der Waals surface area contributed by atoms with Crippen molar-refractivity contribution in [2.75, 3.05) is 26.3 Å². The van der Waals surface area contributed by atoms with E-state index in [-0.39, 0.29) is 43.0 Å². The SMILES string of the molecule is C[C@@H]1CN([C@H](C)COC(=O)c2ccc3ncn(C[C@@H]4CCO4)c3c2)[C@@H](c2ncccc2OCc2ccc(C#N)cc2F)CN1. The highest BCUT2D eigenvalue weighted by molar-refractivity contribution is 5.93. The molecule has 2 saturated heterocycles. The van der Waals surface area contributed by atoms with Crippen molar-refractivity contribution in [2.45, 2.75) is 57.6 Å². The third kappa shape index (κ3) is 6.43. The maximum Gasteiger partial charge on any atom is 0.338 e. The molecule has 2 aliphatic heterocycles. The summed E-state index contributed by atoms with van der Waals surface area (Å²) in [5.74, 6) is -0.336. The summed E-state index contributed by atoms with van der Waals surface area (Å²) in [6, 6.07) is 15.2. The van der Waals surface area contributed by atoms with Crippen molar-refractivity contribution in [3.63, 3.8) is 0 Å². The highest BCUT2D eigenvalue weighted by atomic mass is 19.1. The maximum atomic E-state index is 14.5. The Labute approximate surface area is 255 Å². The minimum Gasteiger partial charge on any atom is -0.487 e. The molecule has 10 nitrogen and oxygen atoms in total. The Morgan fingerprint density at radius 1 is 1.25 bits per heavy atom. The Hall–Kier alpha value is -4.37. The summed E-state index contributed by atoms with van der Waals surface area (Å²) in [5, 5.41) is 12.5. The molecule has 44 heavy (non-hydrogen) atoms. The highest BCUT2D eigenvalue weighted by Crippen LogP contribution is 2.32. The standard InChI is InChI=1S/C33H35FN6O4/c1-21-16-40(22(2)18-44-33(41)24-7-8-28-29(13-24)39(20-38-28)17-26-9-11-42-26)30(15-37-21)32-31(4-3-10-36-32)43-19-25-6-5-23(14-35)12-27(25)34/h3-8,10,12-13,20-22,26,30,37H,9,11,15-19H2,1-2H3/t21-,22-,26+,30-/m1/s1. The van der Waals surface area contributed by atoms with Gasteiger partial charge in [0.05, 0.1) is 53.2 Å². The molecule has 0 aliphatic carbocycles. The fraction of sp³-hybridized carbons (Fsp3) is 0.394. The number of aromatic nitrogens is 3. The Morgan fingerprint density at radius 2 is 2.11 bits per heavy atom. The molecule has 2 aromatic heterocycles. The van der Waals surface area contributed by atoms with Crippen molar-refractivity contribution in [2.24, 2.45) is 0 Å². The van der Waals surface area contributed by atoms with Gasteiger partial charge < -0.3 is 24.1 Å². The summed E-state index contributed by atoms with van der Waals surface area (Å²) < 4.78 is 34.0. The number of hydrogen-bond donors (Lipinski definition) is 1. The average molecular weight is 599 g/mol. The summed E-state index contributed by atoms with van der Waals surface area (Å²) in [7, 11) is 0. The Kier molecular flexibility index (Phi) is 8.84. The molecule has 4 aromatic rings. The lowest BCUT2D eigenvalue weighted by molar-refractivity contribution is -0.0586. The smallest absolute Gasteiger partial charge is 0.338 e. The zero-order valence-corrected chi connectivity index (χ0v) is 24.8. The van der Waals surface area contributed by atoms with E-state index in [0.717, 1.165) is 24.1 Å². The Balaban J connectivity index is 1.14. The minimum atomic E-state index is -0.490. The van der Waals surface area contributed by atoms with Crippen molar-refractivity contribution in [1.82, 2.24) is 24.8 Å². The molecule has 2 aromatic carbocycles. The van der Waals surface area contributed by atoms with Gasteiger partial charge in [0, 0.05) is 43.5 Å². The van der Waals surface area contributed by atoms with Gasteiger partial charge in [0.15, 0.2) is 0 Å². The van der Waals surface area contributed by atoms with Gasteiger partial charge in [-0.1, -0.05) is 6.07 Å². The van der Waals surface area contributed by atoms with Crippen LogP contribution in [-0.2, 0) is 22.6 Å². The molecule has 6 rings (SSSR count). The second-order valence-electron chi connectivity index (χ2n) is 11.4. The van der Waals surface area contributed by atoms with Crippen LogP contribution in [0.3, 0.4) is 0 Å². The molecule has 2 fully saturated rings. The van der Waals surface area contributed by atoms with E-state index < -0.39 is 11.8 Å². The molecule has 2 aliphatic rings. The van der Waals surface area contributed by atoms with Crippen molar-refractivity contribution < 1.29 is 23.4 Å². The first-order valence-electron chi connectivity index (χ1n) is 14.9. The number of rotatable bonds is 10. The number of piperazine rings is 1. The molecular weight excluding hydrogens is 563 g/mol. The number of imidazole rings is 1. The van der Waals surface area contributed by atoms with Crippen molar-refractivity contribution in [1.29, 1.82) is 5.26 Å². The summed E-state index contributed by atoms with van der Waals surface area (Å²) in [6.45, 7) is 7.14. The van der Waals surface area contributed by atoms with E-state index >= 15 is 0 Å². The van der Waals surface area contributed by atoms with Crippen LogP contribution < -0.4 is 10.1 Å². The predicted octanol–water partition coefficient (Wildman–Crippen LogP) is 4.39. The van der Waals surface area contributed by atoms with Crippen LogP contribution in [0, 0.1) is 17.1 Å². The van der Waals surface area contributed by atoms with Crippen molar-refractivity contribution in [3.05, 3.63) is 89.3 Å². The first-order valence-corrected chi connectivity index (χ1v) is 14.9. The third-order valence-electron chi connectivity index (χ3n) is 8.30. The van der Waals surface area contributed by atoms with E-state index in [1.807, 2.05) is 35.8 Å². The van der Waals surface area contributed by atoms with Crippen LogP contribution in [0.2, 0.25) is 0 Å². The van der Waals surface area contributed by atoms with Gasteiger partial charge in [-0.05, 0) is 62.7 Å². The lowest BCUT2D eigenvalue weighted by Crippen LogP contribution is -2.55. The van der Waals surface area contributed by atoms with Gasteiger partial charge in [0.2, 0.25) is 0 Å². The zero-order chi connectivity index (χ0) is 30.6. The quantitative estimate of drug-likeness (QED) is 0.266. The van der Waals surface area contributed by atoms with Gasteiger partial charge in [0.1, 0.15) is 30.5 Å². The Morgan fingerprint density at radius 3 is 2.89 bits per heavy atom. The number of carbonyl (C=O) groups is 1. The van der Waals surface area contributed by atoms with E-state index in [9.17, 15) is 9.18 Å². The van der Waals surface area contributed by atoms with Gasteiger partial charge in [-0.25, -0.2) is 14.2 Å². The number of carbonyl (C=O) groups excluding carboxylic acids is 1. The molecular formula is C33H35FN6O4. The summed E-state index contributed by atoms with van der Waals surface area (Å²) in [4.78, 5) is 24.5. The molecule has 0 radical (unpaired) electrons. The van der Waals surface area contributed by atoms with Gasteiger partial charge in [-0.15, -0.1) is 0 Å². The van der Waals surface area contributed by atoms with E-state index in [0.29, 0.717) is 42.2 Å². The van der Waals surface area contributed by atoms with E-state index in [4.69, 9.17) is 19.5 Å². The van der Waals surface area contributed by atoms with Crippen LogP contribution in [0.4, 0.5) is 4.39 Å². The summed E-state index contributed by atoms with van der Waals surface area (Å²) in [6.07, 6.45) is 4.70. The van der Waals surface area contributed by atoms with Crippen LogP contribution in [0.15, 0.2) is 61.1 Å².